The Kier molecular flexibility index (Phi) is 3.41. The number of aryl methyl sites for hydroxylation is 2. The zero-order valence-electron chi connectivity index (χ0n) is 13.7. The second kappa shape index (κ2) is 5.59. The molecule has 1 aliphatic heterocycles. The Hall–Kier alpha value is -2.96. The summed E-state index contributed by atoms with van der Waals surface area (Å²) in [6.07, 6.45) is 1.80. The van der Waals surface area contributed by atoms with Crippen molar-refractivity contribution in [3.63, 3.8) is 0 Å². The van der Waals surface area contributed by atoms with Gasteiger partial charge in [-0.15, -0.1) is 10.2 Å². The Balaban J connectivity index is 1.60. The van der Waals surface area contributed by atoms with E-state index in [1.807, 2.05) is 49.1 Å². The van der Waals surface area contributed by atoms with Crippen molar-refractivity contribution in [1.29, 1.82) is 0 Å². The third-order valence-electron chi connectivity index (χ3n) is 4.38. The number of carbonyl (C=O) groups is 1. The highest BCUT2D eigenvalue weighted by atomic mass is 16.2. The van der Waals surface area contributed by atoms with Gasteiger partial charge in [0.2, 0.25) is 0 Å². The zero-order chi connectivity index (χ0) is 16.7. The Morgan fingerprint density at radius 2 is 1.88 bits per heavy atom. The van der Waals surface area contributed by atoms with Gasteiger partial charge in [0, 0.05) is 19.3 Å². The summed E-state index contributed by atoms with van der Waals surface area (Å²) in [5.41, 5.74) is 2.30. The molecule has 0 fully saturated rings. The van der Waals surface area contributed by atoms with Crippen LogP contribution in [0.1, 0.15) is 27.7 Å². The molecule has 24 heavy (non-hydrogen) atoms. The van der Waals surface area contributed by atoms with Gasteiger partial charge < -0.3 is 9.47 Å². The second-order valence-electron chi connectivity index (χ2n) is 5.95. The van der Waals surface area contributed by atoms with Crippen LogP contribution in [-0.4, -0.2) is 41.9 Å². The van der Waals surface area contributed by atoms with Crippen molar-refractivity contribution >= 4 is 5.91 Å². The molecule has 1 aromatic carbocycles. The number of amides is 1. The molecule has 0 saturated carbocycles. The van der Waals surface area contributed by atoms with E-state index in [0.717, 1.165) is 29.6 Å². The minimum Gasteiger partial charge on any atom is -0.329 e. The van der Waals surface area contributed by atoms with Crippen molar-refractivity contribution in [2.75, 3.05) is 6.54 Å². The van der Waals surface area contributed by atoms with Gasteiger partial charge in [0.15, 0.2) is 5.82 Å². The predicted octanol–water partition coefficient (Wildman–Crippen LogP) is 1.74. The van der Waals surface area contributed by atoms with Crippen molar-refractivity contribution in [1.82, 2.24) is 29.4 Å². The molecule has 7 heteroatoms. The smallest absolute Gasteiger partial charge is 0.257 e. The lowest BCUT2D eigenvalue weighted by Gasteiger charge is -2.27. The molecule has 0 saturated heterocycles. The molecule has 2 aromatic heterocycles. The molecule has 1 amide bonds. The molecule has 0 aliphatic carbocycles. The van der Waals surface area contributed by atoms with Crippen LogP contribution in [0.25, 0.3) is 5.69 Å². The first-order valence-electron chi connectivity index (χ1n) is 7.93. The molecule has 3 heterocycles. The van der Waals surface area contributed by atoms with Crippen LogP contribution in [0.15, 0.2) is 36.5 Å². The molecule has 3 aromatic rings. The molecule has 0 bridgehead atoms. The fourth-order valence-electron chi connectivity index (χ4n) is 3.03. The van der Waals surface area contributed by atoms with E-state index in [0.29, 0.717) is 18.7 Å². The summed E-state index contributed by atoms with van der Waals surface area (Å²) in [6.45, 7) is 5.66. The van der Waals surface area contributed by atoms with E-state index < -0.39 is 0 Å². The van der Waals surface area contributed by atoms with Crippen LogP contribution < -0.4 is 0 Å². The number of nitrogens with zero attached hydrogens (tertiary/aromatic N) is 6. The lowest BCUT2D eigenvalue weighted by Crippen LogP contribution is -2.38. The minimum absolute atomic E-state index is 0.0124. The van der Waals surface area contributed by atoms with Gasteiger partial charge in [0.1, 0.15) is 5.82 Å². The summed E-state index contributed by atoms with van der Waals surface area (Å²) >= 11 is 0. The molecule has 0 atom stereocenters. The van der Waals surface area contributed by atoms with E-state index in [2.05, 4.69) is 19.9 Å². The number of rotatable bonds is 2. The first-order chi connectivity index (χ1) is 11.6. The SMILES string of the molecule is Cc1nn(-c2ccccc2)cc1C(=O)N1CCn2c(C)nnc2C1. The maximum absolute atomic E-state index is 12.9. The largest absolute Gasteiger partial charge is 0.329 e. The summed E-state index contributed by atoms with van der Waals surface area (Å²) in [4.78, 5) is 14.7. The molecule has 7 nitrogen and oxygen atoms in total. The minimum atomic E-state index is -0.0124. The number of fused-ring (bicyclic) bond motifs is 1. The predicted molar refractivity (Wildman–Crippen MR) is 87.8 cm³/mol. The third kappa shape index (κ3) is 2.38. The van der Waals surface area contributed by atoms with Gasteiger partial charge in [-0.1, -0.05) is 18.2 Å². The zero-order valence-corrected chi connectivity index (χ0v) is 13.7. The average molecular weight is 322 g/mol. The van der Waals surface area contributed by atoms with E-state index in [-0.39, 0.29) is 5.91 Å². The highest BCUT2D eigenvalue weighted by Gasteiger charge is 2.26. The van der Waals surface area contributed by atoms with Crippen LogP contribution in [0.3, 0.4) is 0 Å². The molecule has 0 radical (unpaired) electrons. The van der Waals surface area contributed by atoms with Crippen molar-refractivity contribution in [2.45, 2.75) is 26.9 Å². The normalized spacial score (nSPS) is 13.8. The highest BCUT2D eigenvalue weighted by Crippen LogP contribution is 2.18. The van der Waals surface area contributed by atoms with Crippen molar-refractivity contribution < 1.29 is 4.79 Å². The molecule has 4 rings (SSSR count). The molecular weight excluding hydrogens is 304 g/mol. The summed E-state index contributed by atoms with van der Waals surface area (Å²) in [5.74, 6) is 1.71. The number of carbonyl (C=O) groups excluding carboxylic acids is 1. The maximum atomic E-state index is 12.9. The first-order valence-corrected chi connectivity index (χ1v) is 7.93. The third-order valence-corrected chi connectivity index (χ3v) is 4.38. The van der Waals surface area contributed by atoms with E-state index in [1.54, 1.807) is 10.9 Å². The highest BCUT2D eigenvalue weighted by molar-refractivity contribution is 5.95. The fraction of sp³-hybridized carbons (Fsp3) is 0.294. The van der Waals surface area contributed by atoms with E-state index in [1.165, 1.54) is 0 Å². The van der Waals surface area contributed by atoms with Crippen molar-refractivity contribution in [2.24, 2.45) is 0 Å². The van der Waals surface area contributed by atoms with Gasteiger partial charge in [-0.25, -0.2) is 4.68 Å². The molecule has 122 valence electrons. The van der Waals surface area contributed by atoms with Gasteiger partial charge in [0.05, 0.1) is 23.5 Å². The van der Waals surface area contributed by atoms with Crippen LogP contribution in [0, 0.1) is 13.8 Å². The molecule has 1 aliphatic rings. The van der Waals surface area contributed by atoms with Gasteiger partial charge in [-0.3, -0.25) is 4.79 Å². The molecule has 0 N–H and O–H groups in total. The summed E-state index contributed by atoms with van der Waals surface area (Å²) in [5, 5.41) is 12.7. The number of benzene rings is 1. The number of hydrogen-bond donors (Lipinski definition) is 0. The van der Waals surface area contributed by atoms with Crippen LogP contribution in [0.2, 0.25) is 0 Å². The molecule has 0 spiro atoms. The van der Waals surface area contributed by atoms with Crippen LogP contribution >= 0.6 is 0 Å². The molecule has 0 unspecified atom stereocenters. The topological polar surface area (TPSA) is 68.8 Å². The van der Waals surface area contributed by atoms with Gasteiger partial charge in [-0.2, -0.15) is 5.10 Å². The number of aromatic nitrogens is 5. The monoisotopic (exact) mass is 322 g/mol. The van der Waals surface area contributed by atoms with E-state index in [9.17, 15) is 4.79 Å². The summed E-state index contributed by atoms with van der Waals surface area (Å²) < 4.78 is 3.81. The van der Waals surface area contributed by atoms with Gasteiger partial charge in [0.25, 0.3) is 5.91 Å². The quantitative estimate of drug-likeness (QED) is 0.720. The van der Waals surface area contributed by atoms with Crippen LogP contribution in [-0.2, 0) is 13.1 Å². The van der Waals surface area contributed by atoms with E-state index in [4.69, 9.17) is 0 Å². The maximum Gasteiger partial charge on any atom is 0.257 e. The van der Waals surface area contributed by atoms with Crippen LogP contribution in [0.4, 0.5) is 0 Å². The average Bonchev–Trinajstić information content (AvgIpc) is 3.18. The number of para-hydroxylation sites is 1. The Morgan fingerprint density at radius 1 is 1.08 bits per heavy atom. The Labute approximate surface area is 139 Å². The Bertz CT molecular complexity index is 895. The van der Waals surface area contributed by atoms with Crippen molar-refractivity contribution in [3.05, 3.63) is 59.4 Å². The first kappa shape index (κ1) is 14.6. The lowest BCUT2D eigenvalue weighted by molar-refractivity contribution is 0.0706. The van der Waals surface area contributed by atoms with Crippen molar-refractivity contribution in [3.8, 4) is 5.69 Å². The second-order valence-corrected chi connectivity index (χ2v) is 5.95. The Morgan fingerprint density at radius 3 is 2.67 bits per heavy atom. The summed E-state index contributed by atoms with van der Waals surface area (Å²) in [7, 11) is 0. The standard InChI is InChI=1S/C17H18N6O/c1-12-15(10-23(20-12)14-6-4-3-5-7-14)17(24)21-8-9-22-13(2)18-19-16(22)11-21/h3-7,10H,8-9,11H2,1-2H3. The number of hydrogen-bond acceptors (Lipinski definition) is 4. The van der Waals surface area contributed by atoms with Gasteiger partial charge in [-0.05, 0) is 26.0 Å². The van der Waals surface area contributed by atoms with Crippen LogP contribution in [0.5, 0.6) is 0 Å². The summed E-state index contributed by atoms with van der Waals surface area (Å²) in [6, 6.07) is 9.79. The fourth-order valence-corrected chi connectivity index (χ4v) is 3.03. The molecular formula is C17H18N6O. The van der Waals surface area contributed by atoms with Gasteiger partial charge >= 0.3 is 0 Å². The lowest BCUT2D eigenvalue weighted by atomic mass is 10.2. The van der Waals surface area contributed by atoms with E-state index >= 15 is 0 Å².